The molecule has 198 valence electrons. The summed E-state index contributed by atoms with van der Waals surface area (Å²) in [5.41, 5.74) is 4.32. The summed E-state index contributed by atoms with van der Waals surface area (Å²) < 4.78 is 0. The van der Waals surface area contributed by atoms with Crippen LogP contribution in [0.25, 0.3) is 0 Å². The maximum absolute atomic E-state index is 10.1. The molecule has 4 heteroatoms. The zero-order valence-electron chi connectivity index (χ0n) is 23.4. The van der Waals surface area contributed by atoms with Gasteiger partial charge in [0.15, 0.2) is 0 Å². The number of hydrogen-bond donors (Lipinski definition) is 2. The highest BCUT2D eigenvalue weighted by atomic mass is 16.3. The van der Waals surface area contributed by atoms with Crippen LogP contribution < -0.4 is 5.32 Å². The van der Waals surface area contributed by atoms with E-state index in [-0.39, 0.29) is 5.41 Å². The second-order valence-corrected chi connectivity index (χ2v) is 11.4. The third-order valence-electron chi connectivity index (χ3n) is 9.07. The lowest BCUT2D eigenvalue weighted by atomic mass is 9.54. The highest BCUT2D eigenvalue weighted by Crippen LogP contribution is 2.68. The fraction of sp³-hybridized carbons (Fsp3) is 0.594. The first-order valence-electron chi connectivity index (χ1n) is 14.0. The number of nitrogens with zero attached hydrogens (tertiary/aromatic N) is 1. The molecule has 5 rings (SSSR count). The first-order valence-corrected chi connectivity index (χ1v) is 14.0. The van der Waals surface area contributed by atoms with Crippen LogP contribution in [0.15, 0.2) is 48.5 Å². The van der Waals surface area contributed by atoms with Gasteiger partial charge < -0.3 is 10.4 Å². The van der Waals surface area contributed by atoms with Gasteiger partial charge in [-0.1, -0.05) is 64.1 Å². The molecule has 3 aliphatic rings. The Kier molecular flexibility index (Phi) is 9.77. The second-order valence-electron chi connectivity index (χ2n) is 11.4. The Labute approximate surface area is 219 Å². The molecule has 2 aromatic rings. The van der Waals surface area contributed by atoms with Crippen LogP contribution in [-0.2, 0) is 11.8 Å². The number of carbonyl (C=O) groups excluding carboxylic acids is 1. The van der Waals surface area contributed by atoms with Gasteiger partial charge in [-0.2, -0.15) is 0 Å². The van der Waals surface area contributed by atoms with Gasteiger partial charge in [0.1, 0.15) is 12.0 Å². The number of rotatable bonds is 5. The molecule has 1 saturated heterocycles. The van der Waals surface area contributed by atoms with E-state index >= 15 is 0 Å². The topological polar surface area (TPSA) is 52.6 Å². The number of piperidine rings is 1. The number of carbonyl (C=O) groups is 1. The third-order valence-corrected chi connectivity index (χ3v) is 9.07. The van der Waals surface area contributed by atoms with Gasteiger partial charge in [0.2, 0.25) is 0 Å². The molecule has 2 N–H and O–H groups in total. The summed E-state index contributed by atoms with van der Waals surface area (Å²) in [5, 5.41) is 13.2. The van der Waals surface area contributed by atoms with Crippen LogP contribution in [0.1, 0.15) is 81.8 Å². The van der Waals surface area contributed by atoms with Gasteiger partial charge in [0, 0.05) is 23.6 Å². The molecule has 0 radical (unpaired) electrons. The minimum absolute atomic E-state index is 0.282. The summed E-state index contributed by atoms with van der Waals surface area (Å²) in [7, 11) is 1.96. The van der Waals surface area contributed by atoms with Gasteiger partial charge in [-0.05, 0) is 99.7 Å². The molecule has 4 nitrogen and oxygen atoms in total. The molecular formula is C32H48N2O2. The monoisotopic (exact) mass is 492 g/mol. The van der Waals surface area contributed by atoms with Crippen LogP contribution in [0.4, 0.5) is 0 Å². The fourth-order valence-corrected chi connectivity index (χ4v) is 7.59. The van der Waals surface area contributed by atoms with Crippen molar-refractivity contribution in [3.05, 3.63) is 65.2 Å². The number of fused-ring (bicyclic) bond motifs is 1. The summed E-state index contributed by atoms with van der Waals surface area (Å²) in [6, 6.07) is 15.9. The van der Waals surface area contributed by atoms with Crippen molar-refractivity contribution >= 4 is 6.29 Å². The summed E-state index contributed by atoms with van der Waals surface area (Å²) >= 11 is 0. The van der Waals surface area contributed by atoms with Gasteiger partial charge in [-0.3, -0.25) is 9.69 Å². The van der Waals surface area contributed by atoms with Gasteiger partial charge in [0.05, 0.1) is 0 Å². The van der Waals surface area contributed by atoms with E-state index in [2.05, 4.69) is 57.0 Å². The molecule has 1 spiro atoms. The Morgan fingerprint density at radius 3 is 2.36 bits per heavy atom. The molecule has 0 amide bonds. The lowest BCUT2D eigenvalue weighted by Gasteiger charge is -2.58. The minimum atomic E-state index is 0.282. The van der Waals surface area contributed by atoms with Crippen LogP contribution in [0.3, 0.4) is 0 Å². The van der Waals surface area contributed by atoms with E-state index < -0.39 is 0 Å². The molecule has 2 aromatic carbocycles. The Hall–Kier alpha value is -2.17. The van der Waals surface area contributed by atoms with Crippen LogP contribution in [0, 0.1) is 17.3 Å². The van der Waals surface area contributed by atoms with Crippen LogP contribution in [-0.4, -0.2) is 49.0 Å². The second kappa shape index (κ2) is 12.4. The predicted octanol–water partition coefficient (Wildman–Crippen LogP) is 6.47. The van der Waals surface area contributed by atoms with Crippen molar-refractivity contribution in [2.24, 2.45) is 17.3 Å². The maximum Gasteiger partial charge on any atom is 0.150 e. The Morgan fingerprint density at radius 2 is 1.81 bits per heavy atom. The third kappa shape index (κ3) is 5.40. The summed E-state index contributed by atoms with van der Waals surface area (Å²) in [4.78, 5) is 12.8. The van der Waals surface area contributed by atoms with Gasteiger partial charge in [-0.25, -0.2) is 0 Å². The Morgan fingerprint density at radius 1 is 1.08 bits per heavy atom. The normalized spacial score (nSPS) is 30.1. The number of aldehydes is 1. The SMILES string of the molecule is CCCN1CC2Cc3ccc(O)cc3C23C[C@@H](C)CC3(C)C1C.CCCNC.O=Cc1ccccc1. The Bertz CT molecular complexity index is 975. The summed E-state index contributed by atoms with van der Waals surface area (Å²) in [6.45, 7) is 15.5. The molecule has 1 heterocycles. The Balaban J connectivity index is 0.000000229. The van der Waals surface area contributed by atoms with Gasteiger partial charge in [0.25, 0.3) is 0 Å². The van der Waals surface area contributed by atoms with E-state index in [0.29, 0.717) is 17.2 Å². The zero-order chi connectivity index (χ0) is 26.3. The lowest BCUT2D eigenvalue weighted by molar-refractivity contribution is -0.0519. The molecule has 4 unspecified atom stereocenters. The predicted molar refractivity (Wildman–Crippen MR) is 151 cm³/mol. The summed E-state index contributed by atoms with van der Waals surface area (Å²) in [5.74, 6) is 1.95. The van der Waals surface area contributed by atoms with E-state index in [1.807, 2.05) is 31.3 Å². The first-order chi connectivity index (χ1) is 17.3. The molecule has 0 bridgehead atoms. The molecule has 2 fully saturated rings. The van der Waals surface area contributed by atoms with Crippen molar-refractivity contribution in [3.8, 4) is 5.75 Å². The molecule has 0 aromatic heterocycles. The van der Waals surface area contributed by atoms with E-state index in [4.69, 9.17) is 0 Å². The molecule has 5 atom stereocenters. The molecule has 1 saturated carbocycles. The van der Waals surface area contributed by atoms with E-state index in [9.17, 15) is 9.90 Å². The van der Waals surface area contributed by atoms with Crippen molar-refractivity contribution in [3.63, 3.8) is 0 Å². The molecular weight excluding hydrogens is 444 g/mol. The fourth-order valence-electron chi connectivity index (χ4n) is 7.59. The zero-order valence-corrected chi connectivity index (χ0v) is 23.4. The number of phenolic OH excluding ortho intramolecular Hbond substituents is 1. The number of benzene rings is 2. The van der Waals surface area contributed by atoms with Crippen LogP contribution in [0.2, 0.25) is 0 Å². The largest absolute Gasteiger partial charge is 0.508 e. The van der Waals surface area contributed by atoms with Gasteiger partial charge in [-0.15, -0.1) is 0 Å². The summed E-state index contributed by atoms with van der Waals surface area (Å²) in [6.07, 6.45) is 7.12. The highest BCUT2D eigenvalue weighted by molar-refractivity contribution is 5.74. The number of hydrogen-bond acceptors (Lipinski definition) is 4. The highest BCUT2D eigenvalue weighted by Gasteiger charge is 2.66. The lowest BCUT2D eigenvalue weighted by Crippen LogP contribution is -2.62. The van der Waals surface area contributed by atoms with Crippen LogP contribution in [0.5, 0.6) is 5.75 Å². The maximum atomic E-state index is 10.1. The van der Waals surface area contributed by atoms with Crippen molar-refractivity contribution < 1.29 is 9.90 Å². The van der Waals surface area contributed by atoms with Crippen molar-refractivity contribution in [1.29, 1.82) is 0 Å². The van der Waals surface area contributed by atoms with Crippen LogP contribution >= 0.6 is 0 Å². The molecule has 1 aliphatic heterocycles. The number of nitrogens with one attached hydrogen (secondary N) is 1. The van der Waals surface area contributed by atoms with Gasteiger partial charge >= 0.3 is 0 Å². The quantitative estimate of drug-likeness (QED) is 0.470. The van der Waals surface area contributed by atoms with E-state index in [0.717, 1.165) is 30.2 Å². The standard InChI is InChI=1S/C21H31NO.C7H6O.C4H11N/c1-5-8-22-13-17-9-16-6-7-18(23)10-19(16)21(17)12-14(2)11-20(21,4)15(22)3;8-6-7-4-2-1-3-5-7;1-3-4-5-2/h6-7,10,14-15,17,23H,5,8-9,11-13H2,1-4H3;1-6H;5H,3-4H2,1-2H3/t14-,15?,17?,20?,21?;;/m0../s1. The van der Waals surface area contributed by atoms with Crippen molar-refractivity contribution in [2.45, 2.75) is 78.2 Å². The van der Waals surface area contributed by atoms with E-state index in [1.54, 1.807) is 12.1 Å². The average molecular weight is 493 g/mol. The minimum Gasteiger partial charge on any atom is -0.508 e. The average Bonchev–Trinajstić information content (AvgIpc) is 3.34. The van der Waals surface area contributed by atoms with E-state index in [1.165, 1.54) is 56.3 Å². The smallest absolute Gasteiger partial charge is 0.150 e. The van der Waals surface area contributed by atoms with Crippen molar-refractivity contribution in [2.75, 3.05) is 26.7 Å². The number of likely N-dealkylation sites (tertiary alicyclic amines) is 1. The molecule has 36 heavy (non-hydrogen) atoms. The first kappa shape index (κ1) is 28.4. The number of phenols is 1. The number of aromatic hydroxyl groups is 1. The van der Waals surface area contributed by atoms with Crippen molar-refractivity contribution in [1.82, 2.24) is 10.2 Å². The molecule has 2 aliphatic carbocycles.